The van der Waals surface area contributed by atoms with E-state index in [9.17, 15) is 13.2 Å². The summed E-state index contributed by atoms with van der Waals surface area (Å²) in [7, 11) is 0. The monoisotopic (exact) mass is 406 g/mol. The van der Waals surface area contributed by atoms with Gasteiger partial charge in [-0.3, -0.25) is 15.0 Å². The van der Waals surface area contributed by atoms with E-state index in [4.69, 9.17) is 9.90 Å². The number of pyridine rings is 1. The molecule has 1 atom stereocenters. The van der Waals surface area contributed by atoms with Crippen LogP contribution in [0.15, 0.2) is 48.7 Å². The molecule has 2 N–H and O–H groups in total. The second-order valence-corrected chi connectivity index (χ2v) is 6.72. The summed E-state index contributed by atoms with van der Waals surface area (Å²) in [4.78, 5) is 16.0. The van der Waals surface area contributed by atoms with Crippen molar-refractivity contribution in [2.24, 2.45) is 0 Å². The zero-order valence-electron chi connectivity index (χ0n) is 15.6. The summed E-state index contributed by atoms with van der Waals surface area (Å²) in [5.41, 5.74) is 3.50. The van der Waals surface area contributed by atoms with Crippen LogP contribution in [0.1, 0.15) is 30.3 Å². The molecular weight excluding hydrogens is 385 g/mol. The first kappa shape index (κ1) is 20.8. The van der Waals surface area contributed by atoms with Crippen LogP contribution in [-0.2, 0) is 11.2 Å². The van der Waals surface area contributed by atoms with Crippen molar-refractivity contribution in [2.45, 2.75) is 31.5 Å². The van der Waals surface area contributed by atoms with Crippen LogP contribution in [-0.4, -0.2) is 50.4 Å². The number of fused-ring (bicyclic) bond motifs is 1. The standard InChI is InChI=1S/C18H20N4.C2HF3O2/c1-2-7-15-14(6-1)16(21-20-15)10-13-22-12-5-9-18(22)17-8-3-4-11-19-17;3-2(4,5)1(6)7/h1-4,6-8,11,18H,5,9-10,12-13H2,(H,20,21);(H,6,7). The molecule has 154 valence electrons. The van der Waals surface area contributed by atoms with Crippen LogP contribution >= 0.6 is 0 Å². The molecule has 1 aliphatic rings. The Hall–Kier alpha value is -2.94. The van der Waals surface area contributed by atoms with Gasteiger partial charge in [0.05, 0.1) is 17.3 Å². The van der Waals surface area contributed by atoms with Gasteiger partial charge in [-0.2, -0.15) is 18.3 Å². The average Bonchev–Trinajstić information content (AvgIpc) is 3.34. The molecule has 0 amide bonds. The fourth-order valence-corrected chi connectivity index (χ4v) is 3.46. The first-order valence-electron chi connectivity index (χ1n) is 9.23. The van der Waals surface area contributed by atoms with Crippen molar-refractivity contribution in [1.82, 2.24) is 20.1 Å². The Bertz CT molecular complexity index is 944. The zero-order valence-corrected chi connectivity index (χ0v) is 15.6. The molecule has 1 aliphatic heterocycles. The molecule has 0 aliphatic carbocycles. The maximum absolute atomic E-state index is 10.6. The Labute approximate surface area is 165 Å². The number of benzene rings is 1. The van der Waals surface area contributed by atoms with Gasteiger partial charge in [0.1, 0.15) is 0 Å². The molecule has 2 aromatic heterocycles. The lowest BCUT2D eigenvalue weighted by Crippen LogP contribution is -2.26. The lowest BCUT2D eigenvalue weighted by Gasteiger charge is -2.23. The van der Waals surface area contributed by atoms with Crippen molar-refractivity contribution in [3.63, 3.8) is 0 Å². The van der Waals surface area contributed by atoms with Crippen LogP contribution in [0.2, 0.25) is 0 Å². The number of carboxylic acids is 1. The van der Waals surface area contributed by atoms with Gasteiger partial charge in [-0.25, -0.2) is 4.79 Å². The van der Waals surface area contributed by atoms with Gasteiger partial charge in [-0.15, -0.1) is 0 Å². The summed E-state index contributed by atoms with van der Waals surface area (Å²) in [6.07, 6.45) is 0.282. The number of halogens is 3. The smallest absolute Gasteiger partial charge is 0.475 e. The van der Waals surface area contributed by atoms with Gasteiger partial charge in [0.15, 0.2) is 0 Å². The van der Waals surface area contributed by atoms with E-state index in [0.717, 1.165) is 25.0 Å². The number of hydrogen-bond donors (Lipinski definition) is 2. The van der Waals surface area contributed by atoms with E-state index < -0.39 is 12.1 Å². The SMILES string of the molecule is O=C(O)C(F)(F)F.c1ccc(C2CCCN2CCc2[nH]nc3ccccc23)nc1. The molecule has 0 spiro atoms. The highest BCUT2D eigenvalue weighted by Gasteiger charge is 2.38. The number of nitrogens with zero attached hydrogens (tertiary/aromatic N) is 3. The number of hydrogen-bond acceptors (Lipinski definition) is 4. The molecule has 1 fully saturated rings. The third-order valence-electron chi connectivity index (χ3n) is 4.82. The highest BCUT2D eigenvalue weighted by atomic mass is 19.4. The summed E-state index contributed by atoms with van der Waals surface area (Å²) < 4.78 is 31.7. The van der Waals surface area contributed by atoms with Crippen LogP contribution in [0, 0.1) is 0 Å². The van der Waals surface area contributed by atoms with Gasteiger partial charge in [0.2, 0.25) is 0 Å². The predicted octanol–water partition coefficient (Wildman–Crippen LogP) is 3.97. The second-order valence-electron chi connectivity index (χ2n) is 6.72. The summed E-state index contributed by atoms with van der Waals surface area (Å²) in [6, 6.07) is 15.0. The third kappa shape index (κ3) is 5.32. The number of para-hydroxylation sites is 1. The molecule has 3 aromatic rings. The van der Waals surface area contributed by atoms with Crippen molar-refractivity contribution in [3.8, 4) is 0 Å². The number of aromatic nitrogens is 3. The van der Waals surface area contributed by atoms with E-state index in [0.29, 0.717) is 6.04 Å². The molecular formula is C20H21F3N4O2. The van der Waals surface area contributed by atoms with Crippen molar-refractivity contribution in [1.29, 1.82) is 0 Å². The predicted molar refractivity (Wildman–Crippen MR) is 101 cm³/mol. The fourth-order valence-electron chi connectivity index (χ4n) is 3.46. The Morgan fingerprint density at radius 2 is 1.93 bits per heavy atom. The van der Waals surface area contributed by atoms with Gasteiger partial charge in [0, 0.05) is 30.2 Å². The number of aliphatic carboxylic acids is 1. The molecule has 1 saturated heterocycles. The van der Waals surface area contributed by atoms with Gasteiger partial charge >= 0.3 is 12.1 Å². The molecule has 1 aromatic carbocycles. The molecule has 29 heavy (non-hydrogen) atoms. The zero-order chi connectivity index (χ0) is 20.9. The molecule has 1 unspecified atom stereocenters. The summed E-state index contributed by atoms with van der Waals surface area (Å²) in [5, 5.41) is 16.0. The number of nitrogens with one attached hydrogen (secondary N) is 1. The Kier molecular flexibility index (Phi) is 6.48. The minimum absolute atomic E-state index is 0.468. The third-order valence-corrected chi connectivity index (χ3v) is 4.82. The van der Waals surface area contributed by atoms with E-state index in [1.165, 1.54) is 29.6 Å². The van der Waals surface area contributed by atoms with Crippen LogP contribution in [0.25, 0.3) is 10.9 Å². The maximum Gasteiger partial charge on any atom is 0.490 e. The molecule has 6 nitrogen and oxygen atoms in total. The van der Waals surface area contributed by atoms with Gasteiger partial charge in [0.25, 0.3) is 0 Å². The Morgan fingerprint density at radius 1 is 1.21 bits per heavy atom. The van der Waals surface area contributed by atoms with Crippen molar-refractivity contribution >= 4 is 16.9 Å². The molecule has 4 rings (SSSR count). The topological polar surface area (TPSA) is 82.1 Å². The lowest BCUT2D eigenvalue weighted by molar-refractivity contribution is -0.192. The summed E-state index contributed by atoms with van der Waals surface area (Å²) in [5.74, 6) is -2.76. The van der Waals surface area contributed by atoms with Crippen molar-refractivity contribution in [2.75, 3.05) is 13.1 Å². The minimum atomic E-state index is -5.08. The number of rotatable bonds is 4. The first-order chi connectivity index (χ1) is 13.9. The summed E-state index contributed by atoms with van der Waals surface area (Å²) in [6.45, 7) is 2.21. The maximum atomic E-state index is 10.6. The number of carboxylic acid groups (broad SMARTS) is 1. The van der Waals surface area contributed by atoms with E-state index in [1.54, 1.807) is 0 Å². The highest BCUT2D eigenvalue weighted by molar-refractivity contribution is 5.81. The number of H-pyrrole nitrogens is 1. The average molecular weight is 406 g/mol. The van der Waals surface area contributed by atoms with Crippen molar-refractivity contribution < 1.29 is 23.1 Å². The molecule has 0 saturated carbocycles. The van der Waals surface area contributed by atoms with E-state index >= 15 is 0 Å². The van der Waals surface area contributed by atoms with E-state index in [-0.39, 0.29) is 0 Å². The van der Waals surface area contributed by atoms with Crippen LogP contribution < -0.4 is 0 Å². The molecule has 0 bridgehead atoms. The van der Waals surface area contributed by atoms with Crippen LogP contribution in [0.5, 0.6) is 0 Å². The number of aromatic amines is 1. The number of carbonyl (C=O) groups is 1. The van der Waals surface area contributed by atoms with E-state index in [1.807, 2.05) is 18.3 Å². The second kappa shape index (κ2) is 9.04. The van der Waals surface area contributed by atoms with E-state index in [2.05, 4.69) is 50.4 Å². The quantitative estimate of drug-likeness (QED) is 0.685. The van der Waals surface area contributed by atoms with Gasteiger partial charge in [-0.05, 0) is 37.6 Å². The van der Waals surface area contributed by atoms with Gasteiger partial charge < -0.3 is 5.11 Å². The lowest BCUT2D eigenvalue weighted by atomic mass is 10.1. The normalized spacial score (nSPS) is 17.1. The van der Waals surface area contributed by atoms with Crippen LogP contribution in [0.4, 0.5) is 13.2 Å². The molecule has 9 heteroatoms. The Morgan fingerprint density at radius 3 is 2.62 bits per heavy atom. The molecule has 3 heterocycles. The molecule has 0 radical (unpaired) electrons. The fraction of sp³-hybridized carbons (Fsp3) is 0.350. The largest absolute Gasteiger partial charge is 0.490 e. The van der Waals surface area contributed by atoms with Gasteiger partial charge in [-0.1, -0.05) is 24.3 Å². The van der Waals surface area contributed by atoms with Crippen LogP contribution in [0.3, 0.4) is 0 Å². The number of alkyl halides is 3. The van der Waals surface area contributed by atoms with Crippen molar-refractivity contribution in [3.05, 3.63) is 60.0 Å². The summed E-state index contributed by atoms with van der Waals surface area (Å²) >= 11 is 0. The highest BCUT2D eigenvalue weighted by Crippen LogP contribution is 2.30. The minimum Gasteiger partial charge on any atom is -0.475 e. The Balaban J connectivity index is 0.000000298. The first-order valence-corrected chi connectivity index (χ1v) is 9.23. The number of likely N-dealkylation sites (tertiary alicyclic amines) is 1.